The van der Waals surface area contributed by atoms with Gasteiger partial charge in [-0.3, -0.25) is 4.79 Å². The molecule has 3 aromatic heterocycles. The van der Waals surface area contributed by atoms with Crippen LogP contribution in [0.25, 0.3) is 16.4 Å². The summed E-state index contributed by atoms with van der Waals surface area (Å²) in [5.74, 6) is -0.146. The molecule has 0 amide bonds. The Bertz CT molecular complexity index is 1150. The summed E-state index contributed by atoms with van der Waals surface area (Å²) in [6, 6.07) is 14.4. The van der Waals surface area contributed by atoms with Gasteiger partial charge >= 0.3 is 0 Å². The highest BCUT2D eigenvalue weighted by atomic mass is 35.6. The molecule has 0 saturated carbocycles. The number of nitrogens with two attached hydrogens (primary N) is 1. The zero-order valence-electron chi connectivity index (χ0n) is 13.2. The topological polar surface area (TPSA) is 73.3 Å². The van der Waals surface area contributed by atoms with Crippen molar-refractivity contribution in [2.75, 3.05) is 5.73 Å². The van der Waals surface area contributed by atoms with E-state index in [9.17, 15) is 4.79 Å². The fraction of sp³-hybridized carbons (Fsp3) is 0.0556. The Labute approximate surface area is 163 Å². The van der Waals surface area contributed by atoms with Crippen LogP contribution in [-0.2, 0) is 3.79 Å². The number of nitrogens with zero attached hydrogens (tertiary/aromatic N) is 3. The Morgan fingerprint density at radius 2 is 1.69 bits per heavy atom. The standard InChI is InChI=1S/C18H11Cl3N4O/c19-18(20,21)17-23-13-12(16(22)24-17)11-8-4-5-9-25(11)14(13)15(26)10-6-2-1-3-7-10/h1-9H,(H2,22,23,24). The molecule has 5 nitrogen and oxygen atoms in total. The molecule has 0 radical (unpaired) electrons. The number of rotatable bonds is 2. The number of fused-ring (bicyclic) bond motifs is 3. The zero-order valence-corrected chi connectivity index (χ0v) is 15.4. The van der Waals surface area contributed by atoms with E-state index in [2.05, 4.69) is 9.97 Å². The van der Waals surface area contributed by atoms with E-state index in [0.29, 0.717) is 27.7 Å². The summed E-state index contributed by atoms with van der Waals surface area (Å²) in [5.41, 5.74) is 8.03. The van der Waals surface area contributed by atoms with Crippen LogP contribution in [-0.4, -0.2) is 20.2 Å². The lowest BCUT2D eigenvalue weighted by atomic mass is 10.1. The van der Waals surface area contributed by atoms with Crippen LogP contribution in [0.5, 0.6) is 0 Å². The second kappa shape index (κ2) is 6.13. The first-order chi connectivity index (χ1) is 12.4. The van der Waals surface area contributed by atoms with Crippen molar-refractivity contribution in [2.45, 2.75) is 3.79 Å². The Balaban J connectivity index is 2.13. The largest absolute Gasteiger partial charge is 0.383 e. The predicted octanol–water partition coefficient (Wildman–Crippen LogP) is 4.52. The van der Waals surface area contributed by atoms with Crippen molar-refractivity contribution in [1.29, 1.82) is 0 Å². The van der Waals surface area contributed by atoms with Gasteiger partial charge in [0.1, 0.15) is 17.0 Å². The number of carbonyl (C=O) groups excluding carboxylic acids is 1. The lowest BCUT2D eigenvalue weighted by Crippen LogP contribution is -2.11. The van der Waals surface area contributed by atoms with Gasteiger partial charge in [0.2, 0.25) is 9.58 Å². The van der Waals surface area contributed by atoms with Crippen molar-refractivity contribution >= 4 is 62.8 Å². The number of ketones is 1. The van der Waals surface area contributed by atoms with E-state index in [1.165, 1.54) is 0 Å². The first-order valence-electron chi connectivity index (χ1n) is 7.61. The average molecular weight is 406 g/mol. The summed E-state index contributed by atoms with van der Waals surface area (Å²) in [4.78, 5) is 21.7. The van der Waals surface area contributed by atoms with Crippen LogP contribution >= 0.6 is 34.8 Å². The van der Waals surface area contributed by atoms with Gasteiger partial charge in [0.25, 0.3) is 0 Å². The number of benzene rings is 1. The predicted molar refractivity (Wildman–Crippen MR) is 104 cm³/mol. The number of hydrogen-bond acceptors (Lipinski definition) is 4. The van der Waals surface area contributed by atoms with E-state index in [4.69, 9.17) is 40.5 Å². The lowest BCUT2D eigenvalue weighted by molar-refractivity contribution is 0.103. The number of alkyl halides is 3. The molecule has 26 heavy (non-hydrogen) atoms. The van der Waals surface area contributed by atoms with Crippen molar-refractivity contribution in [3.8, 4) is 0 Å². The number of nitrogen functional groups attached to an aromatic ring is 1. The Morgan fingerprint density at radius 3 is 2.38 bits per heavy atom. The first-order valence-corrected chi connectivity index (χ1v) is 8.74. The Kier molecular flexibility index (Phi) is 4.03. The lowest BCUT2D eigenvalue weighted by Gasteiger charge is -2.10. The van der Waals surface area contributed by atoms with Gasteiger partial charge in [0.05, 0.1) is 10.9 Å². The van der Waals surface area contributed by atoms with E-state index in [1.54, 1.807) is 34.9 Å². The van der Waals surface area contributed by atoms with Gasteiger partial charge in [-0.15, -0.1) is 0 Å². The molecule has 3 heterocycles. The van der Waals surface area contributed by atoms with E-state index in [1.807, 2.05) is 24.3 Å². The van der Waals surface area contributed by atoms with Crippen molar-refractivity contribution in [3.63, 3.8) is 0 Å². The number of carbonyl (C=O) groups is 1. The molecule has 130 valence electrons. The van der Waals surface area contributed by atoms with Gasteiger partial charge in [0.15, 0.2) is 5.82 Å². The normalized spacial score (nSPS) is 12.0. The summed E-state index contributed by atoms with van der Waals surface area (Å²) >= 11 is 17.8. The molecule has 0 atom stereocenters. The summed E-state index contributed by atoms with van der Waals surface area (Å²) in [6.45, 7) is 0. The number of anilines is 1. The second-order valence-electron chi connectivity index (χ2n) is 5.65. The van der Waals surface area contributed by atoms with Crippen LogP contribution in [0.3, 0.4) is 0 Å². The van der Waals surface area contributed by atoms with E-state index in [-0.39, 0.29) is 17.4 Å². The fourth-order valence-corrected chi connectivity index (χ4v) is 3.18. The third-order valence-electron chi connectivity index (χ3n) is 4.02. The molecule has 4 rings (SSSR count). The Morgan fingerprint density at radius 1 is 1.00 bits per heavy atom. The van der Waals surface area contributed by atoms with Crippen LogP contribution in [0.15, 0.2) is 54.7 Å². The van der Waals surface area contributed by atoms with Crippen molar-refractivity contribution < 1.29 is 4.79 Å². The SMILES string of the molecule is Nc1nc(C(Cl)(Cl)Cl)nc2c(C(=O)c3ccccc3)n3ccccc3c12. The minimum Gasteiger partial charge on any atom is -0.383 e. The van der Waals surface area contributed by atoms with Crippen LogP contribution < -0.4 is 5.73 Å². The highest BCUT2D eigenvalue weighted by Crippen LogP contribution is 2.39. The molecule has 8 heteroatoms. The Hall–Kier alpha value is -2.34. The fourth-order valence-electron chi connectivity index (χ4n) is 2.93. The minimum absolute atomic E-state index is 0.0782. The summed E-state index contributed by atoms with van der Waals surface area (Å²) in [5, 5.41) is 0.544. The molecule has 0 unspecified atom stereocenters. The molecule has 0 saturated heterocycles. The second-order valence-corrected chi connectivity index (χ2v) is 7.93. The molecule has 0 spiro atoms. The number of aromatic nitrogens is 3. The zero-order chi connectivity index (χ0) is 18.5. The molecule has 0 bridgehead atoms. The molecular weight excluding hydrogens is 395 g/mol. The van der Waals surface area contributed by atoms with Crippen LogP contribution in [0, 0.1) is 0 Å². The highest BCUT2D eigenvalue weighted by Gasteiger charge is 2.30. The summed E-state index contributed by atoms with van der Waals surface area (Å²) in [7, 11) is 0. The number of hydrogen-bond donors (Lipinski definition) is 1. The smallest absolute Gasteiger partial charge is 0.250 e. The van der Waals surface area contributed by atoms with Gasteiger partial charge in [0, 0.05) is 11.8 Å². The maximum absolute atomic E-state index is 13.2. The molecule has 0 fully saturated rings. The van der Waals surface area contributed by atoms with Crippen LogP contribution in [0.2, 0.25) is 0 Å². The van der Waals surface area contributed by atoms with E-state index in [0.717, 1.165) is 0 Å². The maximum Gasteiger partial charge on any atom is 0.250 e. The quantitative estimate of drug-likeness (QED) is 0.393. The average Bonchev–Trinajstić information content (AvgIpc) is 2.96. The molecule has 0 aliphatic heterocycles. The van der Waals surface area contributed by atoms with Gasteiger partial charge in [-0.2, -0.15) is 0 Å². The van der Waals surface area contributed by atoms with Crippen molar-refractivity contribution in [1.82, 2.24) is 14.4 Å². The number of pyridine rings is 1. The van der Waals surface area contributed by atoms with Gasteiger partial charge in [-0.25, -0.2) is 9.97 Å². The van der Waals surface area contributed by atoms with Crippen LogP contribution in [0.4, 0.5) is 5.82 Å². The molecule has 1 aromatic carbocycles. The summed E-state index contributed by atoms with van der Waals surface area (Å²) < 4.78 is -0.128. The monoisotopic (exact) mass is 404 g/mol. The molecular formula is C18H11Cl3N4O. The molecule has 0 aliphatic rings. The molecule has 4 aromatic rings. The first kappa shape index (κ1) is 17.1. The van der Waals surface area contributed by atoms with E-state index >= 15 is 0 Å². The van der Waals surface area contributed by atoms with Crippen molar-refractivity contribution in [2.24, 2.45) is 0 Å². The third-order valence-corrected chi connectivity index (χ3v) is 4.53. The third kappa shape index (κ3) is 2.69. The molecule has 0 aliphatic carbocycles. The van der Waals surface area contributed by atoms with Gasteiger partial charge in [-0.1, -0.05) is 71.2 Å². The number of halogens is 3. The van der Waals surface area contributed by atoms with Gasteiger partial charge in [-0.05, 0) is 12.1 Å². The maximum atomic E-state index is 13.2. The highest BCUT2D eigenvalue weighted by molar-refractivity contribution is 6.66. The van der Waals surface area contributed by atoms with E-state index < -0.39 is 3.79 Å². The van der Waals surface area contributed by atoms with Crippen LogP contribution in [0.1, 0.15) is 21.9 Å². The van der Waals surface area contributed by atoms with Gasteiger partial charge < -0.3 is 10.1 Å². The molecule has 2 N–H and O–H groups in total. The minimum atomic E-state index is -1.86. The summed E-state index contributed by atoms with van der Waals surface area (Å²) in [6.07, 6.45) is 1.77. The van der Waals surface area contributed by atoms with Crippen molar-refractivity contribution in [3.05, 3.63) is 71.8 Å².